The number of hydrogen-bond acceptors (Lipinski definition) is 4. The number of nitrogens with one attached hydrogen (secondary N) is 1. The molecule has 112 valence electrons. The second-order valence-electron chi connectivity index (χ2n) is 4.85. The zero-order valence-corrected chi connectivity index (χ0v) is 15.0. The summed E-state index contributed by atoms with van der Waals surface area (Å²) in [6, 6.07) is 8.55. The molecule has 0 atom stereocenters. The Balaban J connectivity index is 2.15. The Bertz CT molecular complexity index is 599. The first-order chi connectivity index (χ1) is 10.1. The molecule has 0 spiro atoms. The first kappa shape index (κ1) is 16.3. The van der Waals surface area contributed by atoms with E-state index in [0.717, 1.165) is 40.4 Å². The molecular weight excluding hydrogens is 346 g/mol. The van der Waals surface area contributed by atoms with Gasteiger partial charge in [-0.3, -0.25) is 0 Å². The van der Waals surface area contributed by atoms with Gasteiger partial charge in [-0.15, -0.1) is 11.8 Å². The number of halogens is 1. The highest BCUT2D eigenvalue weighted by molar-refractivity contribution is 9.10. The van der Waals surface area contributed by atoms with Crippen LogP contribution in [0.15, 0.2) is 33.6 Å². The summed E-state index contributed by atoms with van der Waals surface area (Å²) in [6.45, 7) is 4.26. The minimum absolute atomic E-state index is 0.779. The number of rotatable bonds is 6. The van der Waals surface area contributed by atoms with Gasteiger partial charge in [0.2, 0.25) is 0 Å². The maximum absolute atomic E-state index is 4.68. The predicted octanol–water partition coefficient (Wildman–Crippen LogP) is 4.83. The molecule has 0 bridgehead atoms. The predicted molar refractivity (Wildman–Crippen MR) is 94.0 cm³/mol. The van der Waals surface area contributed by atoms with Gasteiger partial charge in [-0.05, 0) is 41.4 Å². The molecule has 1 aromatic carbocycles. The fourth-order valence-corrected chi connectivity index (χ4v) is 3.29. The lowest BCUT2D eigenvalue weighted by atomic mass is 10.2. The molecule has 0 aliphatic heterocycles. The highest BCUT2D eigenvalue weighted by Gasteiger charge is 2.11. The van der Waals surface area contributed by atoms with Crippen molar-refractivity contribution in [2.24, 2.45) is 0 Å². The number of benzene rings is 1. The third kappa shape index (κ3) is 4.45. The van der Waals surface area contributed by atoms with Gasteiger partial charge in [-0.1, -0.05) is 31.0 Å². The standard InChI is InChI=1S/C16H20BrN3S/c1-4-5-13-15(17)16(18-3)20-14(19-13)10-21-12-8-6-11(2)7-9-12/h6-9H,4-5,10H2,1-3H3,(H,18,19,20). The summed E-state index contributed by atoms with van der Waals surface area (Å²) < 4.78 is 0.982. The summed E-state index contributed by atoms with van der Waals surface area (Å²) in [4.78, 5) is 10.5. The number of anilines is 1. The van der Waals surface area contributed by atoms with Gasteiger partial charge in [-0.25, -0.2) is 9.97 Å². The van der Waals surface area contributed by atoms with Crippen LogP contribution < -0.4 is 5.32 Å². The van der Waals surface area contributed by atoms with E-state index in [1.165, 1.54) is 10.5 Å². The molecule has 2 rings (SSSR count). The molecule has 0 radical (unpaired) electrons. The summed E-state index contributed by atoms with van der Waals surface area (Å²) in [5.41, 5.74) is 2.36. The molecular formula is C16H20BrN3S. The van der Waals surface area contributed by atoms with E-state index in [9.17, 15) is 0 Å². The number of aryl methyl sites for hydroxylation is 2. The summed E-state index contributed by atoms with van der Waals surface area (Å²) in [6.07, 6.45) is 2.03. The molecule has 0 unspecified atom stereocenters. The van der Waals surface area contributed by atoms with Crippen LogP contribution in [0.5, 0.6) is 0 Å². The van der Waals surface area contributed by atoms with Crippen molar-refractivity contribution < 1.29 is 0 Å². The Kier molecular flexibility index (Phi) is 6.06. The monoisotopic (exact) mass is 365 g/mol. The van der Waals surface area contributed by atoms with E-state index >= 15 is 0 Å². The van der Waals surface area contributed by atoms with Crippen molar-refractivity contribution in [2.45, 2.75) is 37.3 Å². The van der Waals surface area contributed by atoms with Gasteiger partial charge in [0.1, 0.15) is 11.6 Å². The van der Waals surface area contributed by atoms with E-state index in [1.54, 1.807) is 11.8 Å². The van der Waals surface area contributed by atoms with Gasteiger partial charge >= 0.3 is 0 Å². The number of hydrogen-bond donors (Lipinski definition) is 1. The Labute approximate surface area is 139 Å². The first-order valence-electron chi connectivity index (χ1n) is 7.06. The summed E-state index contributed by atoms with van der Waals surface area (Å²) >= 11 is 5.35. The molecule has 5 heteroatoms. The van der Waals surface area contributed by atoms with E-state index in [-0.39, 0.29) is 0 Å². The highest BCUT2D eigenvalue weighted by Crippen LogP contribution is 2.27. The minimum atomic E-state index is 0.779. The van der Waals surface area contributed by atoms with E-state index in [4.69, 9.17) is 0 Å². The molecule has 0 fully saturated rings. The zero-order chi connectivity index (χ0) is 15.2. The molecule has 0 saturated heterocycles. The van der Waals surface area contributed by atoms with Gasteiger partial charge in [0.25, 0.3) is 0 Å². The molecule has 2 aromatic rings. The van der Waals surface area contributed by atoms with Crippen LogP contribution in [0.25, 0.3) is 0 Å². The largest absolute Gasteiger partial charge is 0.372 e. The van der Waals surface area contributed by atoms with Crippen LogP contribution in [0.3, 0.4) is 0 Å². The number of thioether (sulfide) groups is 1. The van der Waals surface area contributed by atoms with Crippen molar-refractivity contribution in [1.29, 1.82) is 0 Å². The fraction of sp³-hybridized carbons (Fsp3) is 0.375. The van der Waals surface area contributed by atoms with E-state index in [2.05, 4.69) is 69.3 Å². The second-order valence-corrected chi connectivity index (χ2v) is 6.69. The lowest BCUT2D eigenvalue weighted by molar-refractivity contribution is 0.847. The van der Waals surface area contributed by atoms with Crippen molar-refractivity contribution in [3.05, 3.63) is 45.8 Å². The van der Waals surface area contributed by atoms with Gasteiger partial charge in [0.05, 0.1) is 15.9 Å². The summed E-state index contributed by atoms with van der Waals surface area (Å²) in [7, 11) is 1.89. The van der Waals surface area contributed by atoms with Crippen molar-refractivity contribution in [3.8, 4) is 0 Å². The Morgan fingerprint density at radius 2 is 1.90 bits per heavy atom. The van der Waals surface area contributed by atoms with Gasteiger partial charge in [0, 0.05) is 11.9 Å². The zero-order valence-electron chi connectivity index (χ0n) is 12.6. The molecule has 1 heterocycles. The molecule has 1 N–H and O–H groups in total. The van der Waals surface area contributed by atoms with Gasteiger partial charge < -0.3 is 5.32 Å². The molecule has 3 nitrogen and oxygen atoms in total. The average molecular weight is 366 g/mol. The second kappa shape index (κ2) is 7.80. The third-order valence-corrected chi connectivity index (χ3v) is 4.92. The molecule has 21 heavy (non-hydrogen) atoms. The molecule has 1 aromatic heterocycles. The summed E-state index contributed by atoms with van der Waals surface area (Å²) in [5.74, 6) is 2.52. The maximum Gasteiger partial charge on any atom is 0.144 e. The maximum atomic E-state index is 4.68. The van der Waals surface area contributed by atoms with Crippen LogP contribution in [0, 0.1) is 6.92 Å². The van der Waals surface area contributed by atoms with Gasteiger partial charge in [0.15, 0.2) is 0 Å². The molecule has 0 saturated carbocycles. The van der Waals surface area contributed by atoms with Crippen molar-refractivity contribution in [1.82, 2.24) is 9.97 Å². The normalized spacial score (nSPS) is 10.7. The fourth-order valence-electron chi connectivity index (χ4n) is 1.96. The SMILES string of the molecule is CCCc1nc(CSc2ccc(C)cc2)nc(NC)c1Br. The first-order valence-corrected chi connectivity index (χ1v) is 8.84. The third-order valence-electron chi connectivity index (χ3n) is 3.08. The van der Waals surface area contributed by atoms with Crippen LogP contribution in [0.2, 0.25) is 0 Å². The molecule has 0 aliphatic carbocycles. The van der Waals surface area contributed by atoms with Crippen LogP contribution in [0.4, 0.5) is 5.82 Å². The van der Waals surface area contributed by atoms with Crippen LogP contribution in [-0.4, -0.2) is 17.0 Å². The van der Waals surface area contributed by atoms with Crippen molar-refractivity contribution in [3.63, 3.8) is 0 Å². The lowest BCUT2D eigenvalue weighted by Gasteiger charge is -2.10. The average Bonchev–Trinajstić information content (AvgIpc) is 2.49. The van der Waals surface area contributed by atoms with Crippen molar-refractivity contribution in [2.75, 3.05) is 12.4 Å². The van der Waals surface area contributed by atoms with Crippen LogP contribution in [-0.2, 0) is 12.2 Å². The minimum Gasteiger partial charge on any atom is -0.372 e. The Morgan fingerprint density at radius 1 is 1.19 bits per heavy atom. The number of aromatic nitrogens is 2. The lowest BCUT2D eigenvalue weighted by Crippen LogP contribution is -2.05. The molecule has 0 amide bonds. The van der Waals surface area contributed by atoms with Crippen LogP contribution in [0.1, 0.15) is 30.4 Å². The van der Waals surface area contributed by atoms with E-state index < -0.39 is 0 Å². The molecule has 0 aliphatic rings. The number of nitrogens with zero attached hydrogens (tertiary/aromatic N) is 2. The van der Waals surface area contributed by atoms with Crippen LogP contribution >= 0.6 is 27.7 Å². The summed E-state index contributed by atoms with van der Waals surface area (Å²) in [5, 5.41) is 3.13. The highest BCUT2D eigenvalue weighted by atomic mass is 79.9. The Hall–Kier alpha value is -1.07. The van der Waals surface area contributed by atoms with E-state index in [0.29, 0.717) is 0 Å². The smallest absolute Gasteiger partial charge is 0.144 e. The topological polar surface area (TPSA) is 37.8 Å². The van der Waals surface area contributed by atoms with Crippen molar-refractivity contribution >= 4 is 33.5 Å². The quantitative estimate of drug-likeness (QED) is 0.743. The van der Waals surface area contributed by atoms with Gasteiger partial charge in [-0.2, -0.15) is 0 Å². The van der Waals surface area contributed by atoms with E-state index in [1.807, 2.05) is 7.05 Å². The Morgan fingerprint density at radius 3 is 2.52 bits per heavy atom.